The molecule has 26 heteroatoms. The van der Waals surface area contributed by atoms with Gasteiger partial charge < -0.3 is 65.7 Å². The van der Waals surface area contributed by atoms with Gasteiger partial charge in [-0.1, -0.05) is 18.2 Å². The van der Waals surface area contributed by atoms with Crippen LogP contribution in [0.4, 0.5) is 39.5 Å². The molecule has 70 heavy (non-hydrogen) atoms. The van der Waals surface area contributed by atoms with Crippen LogP contribution in [0.15, 0.2) is 54.6 Å². The Morgan fingerprint density at radius 1 is 0.529 bits per heavy atom. The van der Waals surface area contributed by atoms with Crippen LogP contribution in [0.1, 0.15) is 73.3 Å². The summed E-state index contributed by atoms with van der Waals surface area (Å²) >= 11 is 0. The Morgan fingerprint density at radius 3 is 1.06 bits per heavy atom. The molecule has 0 aliphatic heterocycles. The SMILES string of the molecule is CNCCC[C@@H](NC(=O)C(F)(F)F)c1ccc(OC)c(OC)c1.COc1ccc([C@@H](CCCN)NC(=O)C(F)(F)F)cc1OC.COc1ccc([C@@H](CCCNB(C)O)NC(=O)C(F)(F)F)cc1OC. The summed E-state index contributed by atoms with van der Waals surface area (Å²) in [7, 11) is 9.67. The average molecular weight is 1020 g/mol. The van der Waals surface area contributed by atoms with Crippen molar-refractivity contribution in [3.63, 3.8) is 0 Å². The summed E-state index contributed by atoms with van der Waals surface area (Å²) in [5.41, 5.74) is 6.87. The first-order valence-electron chi connectivity index (χ1n) is 21.4. The van der Waals surface area contributed by atoms with Crippen molar-refractivity contribution in [2.24, 2.45) is 5.73 Å². The third-order valence-corrected chi connectivity index (χ3v) is 9.84. The van der Waals surface area contributed by atoms with Crippen molar-refractivity contribution in [1.29, 1.82) is 0 Å². The summed E-state index contributed by atoms with van der Waals surface area (Å²) < 4.78 is 143. The zero-order valence-electron chi connectivity index (χ0n) is 40.0. The second-order valence-electron chi connectivity index (χ2n) is 14.9. The number of nitrogens with one attached hydrogen (secondary N) is 5. The predicted molar refractivity (Wildman–Crippen MR) is 242 cm³/mol. The minimum absolute atomic E-state index is 0.247. The monoisotopic (exact) mass is 1020 g/mol. The molecule has 0 radical (unpaired) electrons. The molecule has 3 amide bonds. The normalized spacial score (nSPS) is 12.6. The van der Waals surface area contributed by atoms with Crippen LogP contribution in [0.2, 0.25) is 6.82 Å². The molecule has 3 aromatic carbocycles. The first kappa shape index (κ1) is 62.2. The van der Waals surface area contributed by atoms with E-state index in [-0.39, 0.29) is 12.8 Å². The van der Waals surface area contributed by atoms with Gasteiger partial charge in [-0.15, -0.1) is 0 Å². The van der Waals surface area contributed by atoms with E-state index in [0.29, 0.717) is 96.5 Å². The quantitative estimate of drug-likeness (QED) is 0.0291. The maximum Gasteiger partial charge on any atom is 0.471 e. The van der Waals surface area contributed by atoms with Gasteiger partial charge in [0.25, 0.3) is 0 Å². The van der Waals surface area contributed by atoms with E-state index in [1.807, 2.05) is 16.0 Å². The van der Waals surface area contributed by atoms with Gasteiger partial charge >= 0.3 is 43.3 Å². The highest BCUT2D eigenvalue weighted by Crippen LogP contribution is 2.35. The number of amides is 3. The summed E-state index contributed by atoms with van der Waals surface area (Å²) in [6.07, 6.45) is -12.4. The predicted octanol–water partition coefficient (Wildman–Crippen LogP) is 6.49. The zero-order chi connectivity index (χ0) is 53.2. The van der Waals surface area contributed by atoms with Crippen molar-refractivity contribution in [3.05, 3.63) is 71.3 Å². The Kier molecular flexibility index (Phi) is 27.3. The van der Waals surface area contributed by atoms with Crippen LogP contribution in [0.25, 0.3) is 0 Å². The van der Waals surface area contributed by atoms with Gasteiger partial charge in [0.15, 0.2) is 34.5 Å². The lowest BCUT2D eigenvalue weighted by Gasteiger charge is -2.21. The lowest BCUT2D eigenvalue weighted by molar-refractivity contribution is -0.174. The van der Waals surface area contributed by atoms with Crippen molar-refractivity contribution >= 4 is 24.8 Å². The van der Waals surface area contributed by atoms with Crippen molar-refractivity contribution in [2.75, 3.05) is 69.3 Å². The molecule has 16 nitrogen and oxygen atoms in total. The number of ether oxygens (including phenoxy) is 6. The number of carbonyl (C=O) groups is 3. The van der Waals surface area contributed by atoms with E-state index < -0.39 is 61.4 Å². The third kappa shape index (κ3) is 21.8. The average Bonchev–Trinajstić information content (AvgIpc) is 3.31. The fourth-order valence-electron chi connectivity index (χ4n) is 6.32. The summed E-state index contributed by atoms with van der Waals surface area (Å²) in [6, 6.07) is 11.7. The maximum absolute atomic E-state index is 12.6. The third-order valence-electron chi connectivity index (χ3n) is 9.84. The molecular weight excluding hydrogens is 954 g/mol. The van der Waals surface area contributed by atoms with E-state index in [1.165, 1.54) is 61.6 Å². The second kappa shape index (κ2) is 30.7. The fourth-order valence-corrected chi connectivity index (χ4v) is 6.32. The van der Waals surface area contributed by atoms with Gasteiger partial charge in [0.2, 0.25) is 0 Å². The number of hydrogen-bond donors (Lipinski definition) is 7. The maximum atomic E-state index is 12.6. The Labute approximate surface area is 400 Å². The van der Waals surface area contributed by atoms with Crippen molar-refractivity contribution < 1.29 is 87.3 Å². The molecule has 0 unspecified atom stereocenters. The minimum atomic E-state index is -4.97. The van der Waals surface area contributed by atoms with Gasteiger partial charge in [0.1, 0.15) is 0 Å². The van der Waals surface area contributed by atoms with Crippen LogP contribution >= 0.6 is 0 Å². The molecule has 3 atom stereocenters. The van der Waals surface area contributed by atoms with E-state index in [9.17, 15) is 53.9 Å². The molecular formula is C44H62BF9N6O10. The molecule has 8 N–H and O–H groups in total. The first-order valence-corrected chi connectivity index (χ1v) is 21.4. The molecule has 0 saturated carbocycles. The number of halogens is 9. The van der Waals surface area contributed by atoms with Gasteiger partial charge in [-0.05, 0) is 125 Å². The molecule has 0 aliphatic carbocycles. The molecule has 0 saturated heterocycles. The van der Waals surface area contributed by atoms with Gasteiger partial charge in [-0.25, -0.2) is 0 Å². The van der Waals surface area contributed by atoms with E-state index in [4.69, 9.17) is 39.2 Å². The number of benzene rings is 3. The second-order valence-corrected chi connectivity index (χ2v) is 14.9. The fraction of sp³-hybridized carbons (Fsp3) is 0.523. The highest BCUT2D eigenvalue weighted by atomic mass is 19.4. The van der Waals surface area contributed by atoms with E-state index in [1.54, 1.807) is 49.5 Å². The van der Waals surface area contributed by atoms with Crippen molar-refractivity contribution in [2.45, 2.75) is 82.0 Å². The van der Waals surface area contributed by atoms with Gasteiger partial charge in [-0.2, -0.15) is 39.5 Å². The molecule has 394 valence electrons. The number of alkyl halides is 9. The van der Waals surface area contributed by atoms with E-state index in [2.05, 4.69) is 10.5 Å². The number of nitrogens with two attached hydrogens (primary N) is 1. The summed E-state index contributed by atoms with van der Waals surface area (Å²) in [4.78, 5) is 33.7. The standard InChI is InChI=1S/C15H22BF3N2O4.C15H21F3N2O3.C14H19F3N2O3/c1-16(23)20-8-4-5-11(21-14(22)15(17,18)19)10-6-7-12(24-2)13(9-10)25-3;1-19-8-4-5-11(20-14(21)15(16,17)18)10-6-7-12(22-2)13(9-10)23-3;1-21-11-6-5-9(8-12(11)22-2)10(4-3-7-18)19-13(20)14(15,16)17/h6-7,9,11,20,23H,4-5,8H2,1-3H3,(H,21,22);6-7,9,11,19H,4-5,8H2,1-3H3,(H,20,21);5-6,8,10H,3-4,7,18H2,1-2H3,(H,19,20)/t2*11-;10-/m111/s1. The van der Waals surface area contributed by atoms with Gasteiger partial charge in [0, 0.05) is 0 Å². The molecule has 3 rings (SSSR count). The molecule has 0 heterocycles. The number of carbonyl (C=O) groups excluding carboxylic acids is 3. The van der Waals surface area contributed by atoms with Crippen molar-refractivity contribution in [1.82, 2.24) is 26.5 Å². The first-order chi connectivity index (χ1) is 32.8. The van der Waals surface area contributed by atoms with Crippen LogP contribution in [-0.2, 0) is 14.4 Å². The molecule has 0 aromatic heterocycles. The van der Waals surface area contributed by atoms with Crippen LogP contribution in [0.5, 0.6) is 34.5 Å². The van der Waals surface area contributed by atoms with Crippen LogP contribution in [0.3, 0.4) is 0 Å². The molecule has 0 bridgehead atoms. The number of hydrogen-bond acceptors (Lipinski definition) is 13. The van der Waals surface area contributed by atoms with Crippen LogP contribution in [0, 0.1) is 0 Å². The lowest BCUT2D eigenvalue weighted by Crippen LogP contribution is -2.39. The topological polar surface area (TPSA) is 213 Å². The Morgan fingerprint density at radius 2 is 0.814 bits per heavy atom. The lowest BCUT2D eigenvalue weighted by atomic mass is 9.88. The number of methoxy groups -OCH3 is 6. The molecule has 0 fully saturated rings. The Balaban J connectivity index is 0.000000526. The van der Waals surface area contributed by atoms with Gasteiger partial charge in [0.05, 0.1) is 60.8 Å². The molecule has 0 aliphatic rings. The summed E-state index contributed by atoms with van der Waals surface area (Å²) in [6.45, 7) is 2.87. The zero-order valence-corrected chi connectivity index (χ0v) is 40.0. The molecule has 0 spiro atoms. The Bertz CT molecular complexity index is 2050. The van der Waals surface area contributed by atoms with E-state index >= 15 is 0 Å². The smallest absolute Gasteiger partial charge is 0.471 e. The summed E-state index contributed by atoms with van der Waals surface area (Å²) in [5, 5.41) is 20.8. The minimum Gasteiger partial charge on any atom is -0.493 e. The van der Waals surface area contributed by atoms with Crippen LogP contribution < -0.4 is 60.6 Å². The highest BCUT2D eigenvalue weighted by Gasteiger charge is 2.41. The van der Waals surface area contributed by atoms with Crippen LogP contribution in [-0.4, -0.2) is 118 Å². The summed E-state index contributed by atoms with van der Waals surface area (Å²) in [5.74, 6) is -3.47. The van der Waals surface area contributed by atoms with Crippen molar-refractivity contribution in [3.8, 4) is 34.5 Å². The van der Waals surface area contributed by atoms with Gasteiger partial charge in [-0.3, -0.25) is 14.4 Å². The Hall–Kier alpha value is -5.86. The van der Waals surface area contributed by atoms with E-state index in [0.717, 1.165) is 0 Å². The number of rotatable bonds is 24. The molecule has 3 aromatic rings. The largest absolute Gasteiger partial charge is 0.493 e. The highest BCUT2D eigenvalue weighted by molar-refractivity contribution is 6.45.